The summed E-state index contributed by atoms with van der Waals surface area (Å²) < 4.78 is 26.0. The van der Waals surface area contributed by atoms with Gasteiger partial charge in [-0.2, -0.15) is 19.7 Å². The van der Waals surface area contributed by atoms with E-state index in [0.717, 1.165) is 50.4 Å². The van der Waals surface area contributed by atoms with Gasteiger partial charge in [-0.1, -0.05) is 26.7 Å². The Bertz CT molecular complexity index is 498. The van der Waals surface area contributed by atoms with Crippen molar-refractivity contribution in [3.8, 4) is 12.8 Å². The molecule has 0 aromatic heterocycles. The Morgan fingerprint density at radius 2 is 1.37 bits per heavy atom. The minimum absolute atomic E-state index is 0. The monoisotopic (exact) mass is 467 g/mol. The van der Waals surface area contributed by atoms with Crippen molar-refractivity contribution in [1.82, 2.24) is 5.32 Å². The molecule has 1 aliphatic carbocycles. The van der Waals surface area contributed by atoms with Crippen LogP contribution in [0.5, 0.6) is 0 Å². The SMILES string of the molecule is C#C.CC.CS.C[N-]C1CCNCC1.NC1CCC(c2cc(F)cc(F)c2)CC1.[K+]. The van der Waals surface area contributed by atoms with Crippen LogP contribution < -0.4 is 62.4 Å². The minimum atomic E-state index is -0.486. The van der Waals surface area contributed by atoms with Crippen LogP contribution in [0, 0.1) is 24.5 Å². The van der Waals surface area contributed by atoms with Crippen molar-refractivity contribution in [2.45, 2.75) is 70.4 Å². The molecule has 3 rings (SSSR count). The van der Waals surface area contributed by atoms with Crippen molar-refractivity contribution in [1.29, 1.82) is 0 Å². The molecular formula is C23H40F2KN3S. The van der Waals surface area contributed by atoms with Crippen molar-refractivity contribution in [3.05, 3.63) is 40.7 Å². The first kappa shape index (κ1) is 35.1. The van der Waals surface area contributed by atoms with Gasteiger partial charge < -0.3 is 16.4 Å². The van der Waals surface area contributed by atoms with Gasteiger partial charge in [0.2, 0.25) is 0 Å². The molecule has 1 aliphatic heterocycles. The largest absolute Gasteiger partial charge is 1.00 e. The topological polar surface area (TPSA) is 52.2 Å². The van der Waals surface area contributed by atoms with E-state index in [9.17, 15) is 8.78 Å². The molecular weight excluding hydrogens is 427 g/mol. The molecule has 1 heterocycles. The third kappa shape index (κ3) is 16.2. The number of hydrogen-bond donors (Lipinski definition) is 3. The Hall–Kier alpha value is 0.506. The number of thiol groups is 1. The Labute approximate surface area is 231 Å². The second-order valence-electron chi connectivity index (χ2n) is 6.55. The fourth-order valence-corrected chi connectivity index (χ4v) is 3.33. The summed E-state index contributed by atoms with van der Waals surface area (Å²) in [7, 11) is 1.91. The molecule has 2 fully saturated rings. The Morgan fingerprint density at radius 1 is 0.933 bits per heavy atom. The van der Waals surface area contributed by atoms with Crippen LogP contribution in [0.1, 0.15) is 63.9 Å². The summed E-state index contributed by atoms with van der Waals surface area (Å²) in [5.74, 6) is -0.699. The van der Waals surface area contributed by atoms with E-state index in [1.165, 1.54) is 25.0 Å². The van der Waals surface area contributed by atoms with Crippen molar-refractivity contribution in [2.75, 3.05) is 26.4 Å². The van der Waals surface area contributed by atoms with Crippen molar-refractivity contribution < 1.29 is 60.2 Å². The van der Waals surface area contributed by atoms with Gasteiger partial charge in [-0.05, 0) is 68.6 Å². The third-order valence-electron chi connectivity index (χ3n) is 4.80. The maximum Gasteiger partial charge on any atom is 1.00 e. The summed E-state index contributed by atoms with van der Waals surface area (Å²) in [5.41, 5.74) is 6.56. The molecule has 3 N–H and O–H groups in total. The first-order valence-electron chi connectivity index (χ1n) is 10.4. The number of halogens is 2. The summed E-state index contributed by atoms with van der Waals surface area (Å²) in [6.45, 7) is 6.31. The quantitative estimate of drug-likeness (QED) is 0.356. The zero-order valence-electron chi connectivity index (χ0n) is 19.5. The molecule has 0 unspecified atom stereocenters. The van der Waals surface area contributed by atoms with E-state index in [-0.39, 0.29) is 63.3 Å². The van der Waals surface area contributed by atoms with Crippen molar-refractivity contribution in [3.63, 3.8) is 0 Å². The molecule has 1 aromatic carbocycles. The number of nitrogens with one attached hydrogen (secondary N) is 1. The first-order valence-corrected chi connectivity index (χ1v) is 11.3. The van der Waals surface area contributed by atoms with E-state index in [0.29, 0.717) is 6.04 Å². The summed E-state index contributed by atoms with van der Waals surface area (Å²) in [6.07, 6.45) is 15.9. The molecule has 0 spiro atoms. The molecule has 7 heteroatoms. The molecule has 1 aromatic rings. The maximum absolute atomic E-state index is 13.0. The van der Waals surface area contributed by atoms with E-state index in [1.807, 2.05) is 20.9 Å². The predicted octanol–water partition coefficient (Wildman–Crippen LogP) is 2.52. The maximum atomic E-state index is 13.0. The number of rotatable bonds is 2. The summed E-state index contributed by atoms with van der Waals surface area (Å²) in [4.78, 5) is 0. The fourth-order valence-electron chi connectivity index (χ4n) is 3.33. The predicted molar refractivity (Wildman–Crippen MR) is 127 cm³/mol. The number of hydrogen-bond acceptors (Lipinski definition) is 3. The van der Waals surface area contributed by atoms with E-state index < -0.39 is 11.6 Å². The van der Waals surface area contributed by atoms with Crippen LogP contribution in [0.15, 0.2) is 18.2 Å². The van der Waals surface area contributed by atoms with Crippen LogP contribution in [0.2, 0.25) is 0 Å². The Kier molecular flexibility index (Phi) is 28.3. The Morgan fingerprint density at radius 3 is 1.73 bits per heavy atom. The second-order valence-corrected chi connectivity index (χ2v) is 6.55. The first-order chi connectivity index (χ1) is 14.1. The zero-order valence-corrected chi connectivity index (χ0v) is 23.5. The number of nitrogens with zero attached hydrogens (tertiary/aromatic N) is 1. The normalized spacial score (nSPS) is 20.1. The summed E-state index contributed by atoms with van der Waals surface area (Å²) >= 11 is 3.53. The van der Waals surface area contributed by atoms with E-state index >= 15 is 0 Å². The van der Waals surface area contributed by atoms with Crippen LogP contribution in [-0.2, 0) is 0 Å². The van der Waals surface area contributed by atoms with Gasteiger partial charge in [-0.15, -0.1) is 18.9 Å². The number of nitrogens with two attached hydrogens (primary N) is 1. The minimum Gasteiger partial charge on any atom is -0.662 e. The number of terminal acetylenes is 1. The van der Waals surface area contributed by atoms with Crippen LogP contribution in [0.3, 0.4) is 0 Å². The molecule has 30 heavy (non-hydrogen) atoms. The Balaban J connectivity index is -0.000000415. The van der Waals surface area contributed by atoms with E-state index in [2.05, 4.69) is 36.1 Å². The molecule has 0 atom stereocenters. The molecule has 0 bridgehead atoms. The van der Waals surface area contributed by atoms with Gasteiger partial charge in [0.05, 0.1) is 0 Å². The van der Waals surface area contributed by atoms with Crippen LogP contribution in [0.4, 0.5) is 8.78 Å². The zero-order chi connectivity index (χ0) is 22.7. The van der Waals surface area contributed by atoms with Crippen LogP contribution in [0.25, 0.3) is 5.32 Å². The summed E-state index contributed by atoms with van der Waals surface area (Å²) in [6, 6.07) is 4.70. The van der Waals surface area contributed by atoms with Gasteiger partial charge in [0, 0.05) is 12.1 Å². The van der Waals surface area contributed by atoms with Crippen LogP contribution >= 0.6 is 12.6 Å². The van der Waals surface area contributed by atoms with Gasteiger partial charge >= 0.3 is 51.4 Å². The average molecular weight is 468 g/mol. The molecule has 0 amide bonds. The van der Waals surface area contributed by atoms with Crippen molar-refractivity contribution in [2.24, 2.45) is 5.73 Å². The molecule has 2 aliphatic rings. The number of benzene rings is 1. The molecule has 1 saturated carbocycles. The van der Waals surface area contributed by atoms with E-state index in [1.54, 1.807) is 6.26 Å². The van der Waals surface area contributed by atoms with Crippen LogP contribution in [-0.4, -0.2) is 38.5 Å². The summed E-state index contributed by atoms with van der Waals surface area (Å²) in [5, 5.41) is 7.50. The smallest absolute Gasteiger partial charge is 0.662 e. The average Bonchev–Trinajstić information content (AvgIpc) is 2.79. The fraction of sp³-hybridized carbons (Fsp3) is 0.652. The number of piperidine rings is 1. The van der Waals surface area contributed by atoms with Gasteiger partial charge in [0.15, 0.2) is 0 Å². The van der Waals surface area contributed by atoms with Gasteiger partial charge in [-0.25, -0.2) is 8.78 Å². The third-order valence-corrected chi connectivity index (χ3v) is 4.80. The van der Waals surface area contributed by atoms with Gasteiger partial charge in [0.25, 0.3) is 0 Å². The molecule has 1 saturated heterocycles. The molecule has 168 valence electrons. The van der Waals surface area contributed by atoms with E-state index in [4.69, 9.17) is 5.73 Å². The van der Waals surface area contributed by atoms with Gasteiger partial charge in [0.1, 0.15) is 11.6 Å². The van der Waals surface area contributed by atoms with Crippen molar-refractivity contribution >= 4 is 12.6 Å². The van der Waals surface area contributed by atoms with Gasteiger partial charge in [-0.3, -0.25) is 0 Å². The molecule has 0 radical (unpaired) electrons. The standard InChI is InChI=1S/C12H15F2N.C6H13N2.C2H6.C2H2.CH4S.K/c13-10-5-9(6-11(14)7-10)8-1-3-12(15)4-2-8;1-7-6-2-4-8-5-3-6;3*1-2;/h5-8,12H,1-4,15H2;6,8H,2-5H2,1H3;1-2H3;1-2H;2H,1H3;/q;-1;;;;+1. The second kappa shape index (κ2) is 24.2. The molecule has 3 nitrogen and oxygen atoms in total.